The van der Waals surface area contributed by atoms with E-state index in [0.29, 0.717) is 0 Å². The Morgan fingerprint density at radius 3 is 2.47 bits per heavy atom. The van der Waals surface area contributed by atoms with Gasteiger partial charge in [-0.25, -0.2) is 4.98 Å². The van der Waals surface area contributed by atoms with Crippen LogP contribution in [-0.4, -0.2) is 4.98 Å². The van der Waals surface area contributed by atoms with Crippen LogP contribution in [0.5, 0.6) is 5.75 Å². The maximum Gasteiger partial charge on any atom is 0.124 e. The summed E-state index contributed by atoms with van der Waals surface area (Å²) in [6.45, 7) is 0. The summed E-state index contributed by atoms with van der Waals surface area (Å²) in [4.78, 5) is 4.61. The monoisotopic (exact) mass is 259 g/mol. The van der Waals surface area contributed by atoms with E-state index < -0.39 is 0 Å². The summed E-state index contributed by atoms with van der Waals surface area (Å²) in [5, 5.41) is 1.04. The smallest absolute Gasteiger partial charge is 0.124 e. The van der Waals surface area contributed by atoms with Gasteiger partial charge in [0.05, 0.1) is 19.7 Å². The third kappa shape index (κ3) is 2.04. The molecule has 0 saturated carbocycles. The fourth-order valence-corrected chi connectivity index (χ4v) is 2.80. The van der Waals surface area contributed by atoms with E-state index in [9.17, 15) is 0 Å². The average Bonchev–Trinajstić information content (AvgIpc) is 2.82. The molecule has 0 amide bonds. The van der Waals surface area contributed by atoms with Gasteiger partial charge in [-0.15, -0.1) is 11.3 Å². The summed E-state index contributed by atoms with van der Waals surface area (Å²) in [5.41, 5.74) is 2.18. The number of rotatable bonds is 2. The normalized spacial score (nSPS) is 10.6. The number of hydrogen-bond donors (Lipinski definition) is 0. The van der Waals surface area contributed by atoms with Gasteiger partial charge in [0, 0.05) is 5.56 Å². The molecule has 0 radical (unpaired) electrons. The topological polar surface area (TPSA) is 22.1 Å². The second-order valence-electron chi connectivity index (χ2n) is 3.63. The van der Waals surface area contributed by atoms with Crippen LogP contribution in [0.4, 0.5) is 0 Å². The molecule has 1 atom stereocenters. The molecule has 0 spiro atoms. The Morgan fingerprint density at radius 2 is 1.76 bits per heavy atom. The lowest BCUT2D eigenvalue weighted by Gasteiger charge is -1.99. The molecule has 0 fully saturated rings. The van der Waals surface area contributed by atoms with Crippen molar-refractivity contribution >= 4 is 31.0 Å². The molecule has 3 aromatic rings. The van der Waals surface area contributed by atoms with Gasteiger partial charge >= 0.3 is 0 Å². The minimum atomic E-state index is 0.833. The molecular weight excluding hydrogens is 249 g/mol. The predicted molar refractivity (Wildman–Crippen MR) is 75.4 cm³/mol. The van der Waals surface area contributed by atoms with E-state index in [1.54, 1.807) is 11.3 Å². The molecule has 1 unspecified atom stereocenters. The lowest BCUT2D eigenvalue weighted by atomic mass is 10.2. The quantitative estimate of drug-likeness (QED) is 0.645. The van der Waals surface area contributed by atoms with Crippen LogP contribution in [0.15, 0.2) is 48.5 Å². The Bertz CT molecular complexity index is 615. The maximum atomic E-state index is 5.06. The molecule has 0 saturated heterocycles. The van der Waals surface area contributed by atoms with Gasteiger partial charge in [-0.1, -0.05) is 12.1 Å². The third-order valence-electron chi connectivity index (χ3n) is 2.53. The zero-order valence-electron chi connectivity index (χ0n) is 8.96. The zero-order valence-corrected chi connectivity index (χ0v) is 10.9. The van der Waals surface area contributed by atoms with Gasteiger partial charge in [0.1, 0.15) is 10.8 Å². The summed E-state index contributed by atoms with van der Waals surface area (Å²) in [6, 6.07) is 16.1. The lowest BCUT2D eigenvalue weighted by Crippen LogP contribution is -1.77. The van der Waals surface area contributed by atoms with Crippen LogP contribution in [0, 0.1) is 0 Å². The Morgan fingerprint density at radius 1 is 1.00 bits per heavy atom. The van der Waals surface area contributed by atoms with Crippen LogP contribution in [0.1, 0.15) is 0 Å². The van der Waals surface area contributed by atoms with Crippen molar-refractivity contribution in [1.82, 2.24) is 4.98 Å². The highest BCUT2D eigenvalue weighted by molar-refractivity contribution is 7.21. The molecule has 0 aliphatic carbocycles. The largest absolute Gasteiger partial charge is 0.480 e. The molecule has 0 N–H and O–H groups in total. The number of fused-ring (bicyclic) bond motifs is 1. The van der Waals surface area contributed by atoms with E-state index in [4.69, 9.17) is 4.52 Å². The number of thiazole rings is 1. The number of aromatic nitrogens is 1. The molecule has 0 aliphatic heterocycles. The van der Waals surface area contributed by atoms with Crippen molar-refractivity contribution in [2.24, 2.45) is 0 Å². The maximum absolute atomic E-state index is 5.06. The van der Waals surface area contributed by atoms with E-state index in [1.165, 1.54) is 4.70 Å². The van der Waals surface area contributed by atoms with Crippen molar-refractivity contribution in [3.05, 3.63) is 48.5 Å². The molecule has 17 heavy (non-hydrogen) atoms. The molecular formula is C13H10NOPS. The molecule has 2 nitrogen and oxygen atoms in total. The molecule has 84 valence electrons. The Balaban J connectivity index is 2.07. The summed E-state index contributed by atoms with van der Waals surface area (Å²) in [7, 11) is 2.24. The minimum Gasteiger partial charge on any atom is -0.480 e. The highest BCUT2D eigenvalue weighted by Gasteiger charge is 2.05. The van der Waals surface area contributed by atoms with Crippen molar-refractivity contribution in [2.75, 3.05) is 0 Å². The summed E-state index contributed by atoms with van der Waals surface area (Å²) in [6.07, 6.45) is 0. The van der Waals surface area contributed by atoms with Gasteiger partial charge in [-0.05, 0) is 36.4 Å². The van der Waals surface area contributed by atoms with Crippen LogP contribution < -0.4 is 4.52 Å². The van der Waals surface area contributed by atoms with Gasteiger partial charge in [0.2, 0.25) is 0 Å². The fourth-order valence-electron chi connectivity index (χ4n) is 1.67. The number of nitrogens with zero attached hydrogens (tertiary/aromatic N) is 1. The van der Waals surface area contributed by atoms with Crippen LogP contribution in [0.25, 0.3) is 20.8 Å². The van der Waals surface area contributed by atoms with E-state index in [0.717, 1.165) is 21.8 Å². The molecule has 0 bridgehead atoms. The second-order valence-corrected chi connectivity index (χ2v) is 4.90. The van der Waals surface area contributed by atoms with Crippen LogP contribution >= 0.6 is 20.8 Å². The average molecular weight is 259 g/mol. The van der Waals surface area contributed by atoms with Gasteiger partial charge in [-0.3, -0.25) is 0 Å². The van der Waals surface area contributed by atoms with Crippen LogP contribution in [-0.2, 0) is 0 Å². The number of hydrogen-bond acceptors (Lipinski definition) is 3. The van der Waals surface area contributed by atoms with Crippen molar-refractivity contribution in [3.8, 4) is 16.3 Å². The van der Waals surface area contributed by atoms with E-state index in [-0.39, 0.29) is 0 Å². The first-order chi connectivity index (χ1) is 8.36. The zero-order chi connectivity index (χ0) is 11.7. The van der Waals surface area contributed by atoms with Gasteiger partial charge in [0.15, 0.2) is 0 Å². The first kappa shape index (κ1) is 10.7. The predicted octanol–water partition coefficient (Wildman–Crippen LogP) is 4.13. The van der Waals surface area contributed by atoms with Crippen molar-refractivity contribution in [1.29, 1.82) is 0 Å². The highest BCUT2D eigenvalue weighted by atomic mass is 32.1. The van der Waals surface area contributed by atoms with Gasteiger partial charge < -0.3 is 4.52 Å². The minimum absolute atomic E-state index is 0.833. The van der Waals surface area contributed by atoms with Crippen molar-refractivity contribution < 1.29 is 4.52 Å². The molecule has 0 aliphatic rings. The Labute approximate surface area is 106 Å². The second kappa shape index (κ2) is 4.44. The van der Waals surface area contributed by atoms with Crippen LogP contribution in [0.2, 0.25) is 0 Å². The van der Waals surface area contributed by atoms with Crippen molar-refractivity contribution in [3.63, 3.8) is 0 Å². The molecule has 3 rings (SSSR count). The lowest BCUT2D eigenvalue weighted by molar-refractivity contribution is 0.646. The molecule has 4 heteroatoms. The SMILES string of the molecule is POc1ccc(-c2nc3ccccc3s2)cc1. The highest BCUT2D eigenvalue weighted by Crippen LogP contribution is 2.30. The van der Waals surface area contributed by atoms with E-state index in [2.05, 4.69) is 20.5 Å². The number of benzene rings is 2. The van der Waals surface area contributed by atoms with Gasteiger partial charge in [-0.2, -0.15) is 0 Å². The molecule has 1 aromatic heterocycles. The molecule has 2 aromatic carbocycles. The Hall–Kier alpha value is -1.44. The van der Waals surface area contributed by atoms with Crippen molar-refractivity contribution in [2.45, 2.75) is 0 Å². The number of para-hydroxylation sites is 1. The van der Waals surface area contributed by atoms with E-state index >= 15 is 0 Å². The van der Waals surface area contributed by atoms with E-state index in [1.807, 2.05) is 42.5 Å². The first-order valence-electron chi connectivity index (χ1n) is 5.19. The Kier molecular flexibility index (Phi) is 2.79. The summed E-state index contributed by atoms with van der Waals surface area (Å²) in [5.74, 6) is 0.833. The summed E-state index contributed by atoms with van der Waals surface area (Å²) >= 11 is 1.71. The standard InChI is InChI=1S/C13H10NOPS/c16-15-10-7-5-9(6-8-10)13-14-11-3-1-2-4-12(11)17-13/h1-8H,16H2. The molecule has 1 heterocycles. The summed E-state index contributed by atoms with van der Waals surface area (Å²) < 4.78 is 6.28. The third-order valence-corrected chi connectivity index (χ3v) is 3.89. The fraction of sp³-hybridized carbons (Fsp3) is 0. The first-order valence-corrected chi connectivity index (χ1v) is 6.48. The van der Waals surface area contributed by atoms with Gasteiger partial charge in [0.25, 0.3) is 0 Å². The van der Waals surface area contributed by atoms with Crippen LogP contribution in [0.3, 0.4) is 0 Å².